The van der Waals surface area contributed by atoms with Crippen molar-refractivity contribution >= 4 is 38.9 Å². The number of para-hydroxylation sites is 1. The molecular formula is C17H17N2O2PS. The molecule has 0 N–H and O–H groups in total. The number of hydrogen-bond acceptors (Lipinski definition) is 4. The highest BCUT2D eigenvalue weighted by molar-refractivity contribution is 7.81. The first-order valence-corrected chi connectivity index (χ1v) is 10.1. The molecule has 1 saturated heterocycles. The van der Waals surface area contributed by atoms with E-state index in [0.717, 1.165) is 15.5 Å². The molecule has 0 amide bonds. The SMILES string of the molecule is O=[P@](c1ccccc1)(c1nc2ccccc2s1)N1CCOCC1. The Morgan fingerprint density at radius 3 is 2.43 bits per heavy atom. The van der Waals surface area contributed by atoms with E-state index in [0.29, 0.717) is 31.1 Å². The van der Waals surface area contributed by atoms with Gasteiger partial charge in [0.05, 0.1) is 23.4 Å². The van der Waals surface area contributed by atoms with Crippen LogP contribution >= 0.6 is 18.6 Å². The Hall–Kier alpha value is -1.52. The Balaban J connectivity index is 1.89. The van der Waals surface area contributed by atoms with Crippen LogP contribution in [-0.2, 0) is 9.30 Å². The second-order valence-corrected chi connectivity index (χ2v) is 9.43. The van der Waals surface area contributed by atoms with Gasteiger partial charge in [-0.25, -0.2) is 9.65 Å². The lowest BCUT2D eigenvalue weighted by Gasteiger charge is -2.33. The topological polar surface area (TPSA) is 42.4 Å². The predicted molar refractivity (Wildman–Crippen MR) is 95.3 cm³/mol. The van der Waals surface area contributed by atoms with Gasteiger partial charge >= 0.3 is 0 Å². The van der Waals surface area contributed by atoms with Gasteiger partial charge in [-0.3, -0.25) is 4.57 Å². The quantitative estimate of drug-likeness (QED) is 0.685. The summed E-state index contributed by atoms with van der Waals surface area (Å²) >= 11 is 1.54. The van der Waals surface area contributed by atoms with E-state index in [2.05, 4.69) is 4.67 Å². The van der Waals surface area contributed by atoms with Crippen LogP contribution in [-0.4, -0.2) is 36.0 Å². The third-order valence-electron chi connectivity index (χ3n) is 4.03. The van der Waals surface area contributed by atoms with Gasteiger partial charge in [-0.15, -0.1) is 11.3 Å². The molecule has 4 rings (SSSR count). The minimum absolute atomic E-state index is 0.613. The predicted octanol–water partition coefficient (Wildman–Crippen LogP) is 2.86. The summed E-state index contributed by atoms with van der Waals surface area (Å²) in [6.45, 7) is 2.56. The Labute approximate surface area is 139 Å². The molecule has 2 aromatic carbocycles. The van der Waals surface area contributed by atoms with E-state index in [-0.39, 0.29) is 0 Å². The van der Waals surface area contributed by atoms with E-state index < -0.39 is 7.29 Å². The molecule has 0 radical (unpaired) electrons. The molecular weight excluding hydrogens is 327 g/mol. The number of aromatic nitrogens is 1. The summed E-state index contributed by atoms with van der Waals surface area (Å²) in [6.07, 6.45) is 0. The van der Waals surface area contributed by atoms with Crippen LogP contribution in [0.4, 0.5) is 0 Å². The van der Waals surface area contributed by atoms with E-state index in [1.165, 1.54) is 11.3 Å². The van der Waals surface area contributed by atoms with Gasteiger partial charge in [0.2, 0.25) is 7.29 Å². The van der Waals surface area contributed by atoms with Crippen molar-refractivity contribution in [1.82, 2.24) is 9.65 Å². The van der Waals surface area contributed by atoms with Crippen molar-refractivity contribution in [1.29, 1.82) is 0 Å². The summed E-state index contributed by atoms with van der Waals surface area (Å²) in [4.78, 5) is 4.71. The standard InChI is InChI=1S/C17H17N2O2PS/c20-22(14-6-2-1-3-7-14,19-10-12-21-13-11-19)17-18-15-8-4-5-9-16(15)23-17/h1-9H,10-13H2/t22-/m1/s1. The average molecular weight is 344 g/mol. The highest BCUT2D eigenvalue weighted by Gasteiger charge is 2.38. The third kappa shape index (κ3) is 2.64. The summed E-state index contributed by atoms with van der Waals surface area (Å²) in [5.74, 6) is 0. The number of morpholine rings is 1. The number of thiazole rings is 1. The van der Waals surface area contributed by atoms with Crippen molar-refractivity contribution in [3.05, 3.63) is 54.6 Å². The lowest BCUT2D eigenvalue weighted by atomic mass is 10.3. The van der Waals surface area contributed by atoms with Crippen LogP contribution in [0.1, 0.15) is 0 Å². The Bertz CT molecular complexity index is 826. The maximum Gasteiger partial charge on any atom is 0.234 e. The van der Waals surface area contributed by atoms with Crippen LogP contribution in [0.2, 0.25) is 0 Å². The van der Waals surface area contributed by atoms with Crippen LogP contribution in [0.25, 0.3) is 10.2 Å². The number of hydrogen-bond donors (Lipinski definition) is 0. The van der Waals surface area contributed by atoms with Crippen LogP contribution < -0.4 is 10.1 Å². The van der Waals surface area contributed by atoms with Crippen LogP contribution in [0.5, 0.6) is 0 Å². The summed E-state index contributed by atoms with van der Waals surface area (Å²) < 4.78 is 23.5. The van der Waals surface area contributed by atoms with Crippen LogP contribution in [0, 0.1) is 0 Å². The molecule has 118 valence electrons. The number of benzene rings is 2. The van der Waals surface area contributed by atoms with Crippen molar-refractivity contribution < 1.29 is 9.30 Å². The lowest BCUT2D eigenvalue weighted by molar-refractivity contribution is 0.0732. The smallest absolute Gasteiger partial charge is 0.234 e. The zero-order valence-corrected chi connectivity index (χ0v) is 14.3. The number of rotatable bonds is 3. The van der Waals surface area contributed by atoms with Crippen molar-refractivity contribution in [3.63, 3.8) is 0 Å². The van der Waals surface area contributed by atoms with Crippen molar-refractivity contribution in [2.75, 3.05) is 26.3 Å². The second-order valence-electron chi connectivity index (χ2n) is 5.44. The van der Waals surface area contributed by atoms with Gasteiger partial charge in [-0.1, -0.05) is 30.3 Å². The van der Waals surface area contributed by atoms with Crippen LogP contribution in [0.15, 0.2) is 54.6 Å². The third-order valence-corrected chi connectivity index (χ3v) is 8.70. The van der Waals surface area contributed by atoms with E-state index in [1.807, 2.05) is 54.6 Å². The molecule has 1 aromatic heterocycles. The molecule has 23 heavy (non-hydrogen) atoms. The molecule has 2 heterocycles. The molecule has 3 aromatic rings. The number of fused-ring (bicyclic) bond motifs is 1. The zero-order valence-electron chi connectivity index (χ0n) is 12.6. The molecule has 1 atom stereocenters. The van der Waals surface area contributed by atoms with E-state index in [4.69, 9.17) is 9.72 Å². The van der Waals surface area contributed by atoms with Gasteiger partial charge in [0.25, 0.3) is 0 Å². The molecule has 0 unspecified atom stereocenters. The van der Waals surface area contributed by atoms with E-state index in [1.54, 1.807) is 0 Å². The van der Waals surface area contributed by atoms with Gasteiger partial charge in [0.15, 0.2) is 4.75 Å². The minimum atomic E-state index is -2.91. The van der Waals surface area contributed by atoms with Gasteiger partial charge in [-0.05, 0) is 24.3 Å². The first-order chi connectivity index (χ1) is 11.3. The molecule has 1 aliphatic heterocycles. The Morgan fingerprint density at radius 2 is 1.70 bits per heavy atom. The Morgan fingerprint density at radius 1 is 1.00 bits per heavy atom. The maximum absolute atomic E-state index is 14.2. The normalized spacial score (nSPS) is 18.8. The van der Waals surface area contributed by atoms with Crippen molar-refractivity contribution in [3.8, 4) is 0 Å². The molecule has 0 aliphatic carbocycles. The van der Waals surface area contributed by atoms with Gasteiger partial charge < -0.3 is 4.74 Å². The molecule has 0 spiro atoms. The van der Waals surface area contributed by atoms with Crippen LogP contribution in [0.3, 0.4) is 0 Å². The molecule has 0 bridgehead atoms. The summed E-state index contributed by atoms with van der Waals surface area (Å²) in [5.41, 5.74) is 0.914. The molecule has 4 nitrogen and oxygen atoms in total. The average Bonchev–Trinajstić information content (AvgIpc) is 3.07. The largest absolute Gasteiger partial charge is 0.379 e. The first-order valence-electron chi connectivity index (χ1n) is 7.63. The van der Waals surface area contributed by atoms with E-state index >= 15 is 0 Å². The molecule has 6 heteroatoms. The van der Waals surface area contributed by atoms with Gasteiger partial charge in [0.1, 0.15) is 0 Å². The Kier molecular flexibility index (Phi) is 4.04. The van der Waals surface area contributed by atoms with E-state index in [9.17, 15) is 4.57 Å². The first kappa shape index (κ1) is 15.0. The summed E-state index contributed by atoms with van der Waals surface area (Å²) in [5, 5.41) is 0.848. The second kappa shape index (κ2) is 6.17. The fourth-order valence-electron chi connectivity index (χ4n) is 2.85. The van der Waals surface area contributed by atoms with Crippen molar-refractivity contribution in [2.45, 2.75) is 0 Å². The highest BCUT2D eigenvalue weighted by atomic mass is 32.1. The van der Waals surface area contributed by atoms with Gasteiger partial charge in [-0.2, -0.15) is 0 Å². The van der Waals surface area contributed by atoms with Crippen molar-refractivity contribution in [2.24, 2.45) is 0 Å². The molecule has 0 saturated carbocycles. The highest BCUT2D eigenvalue weighted by Crippen LogP contribution is 2.49. The fourth-order valence-corrected chi connectivity index (χ4v) is 7.34. The number of nitrogens with zero attached hydrogens (tertiary/aromatic N) is 2. The van der Waals surface area contributed by atoms with Gasteiger partial charge in [0, 0.05) is 18.4 Å². The molecule has 1 fully saturated rings. The fraction of sp³-hybridized carbons (Fsp3) is 0.235. The monoisotopic (exact) mass is 344 g/mol. The summed E-state index contributed by atoms with van der Waals surface area (Å²) in [7, 11) is -2.91. The maximum atomic E-state index is 14.2. The number of ether oxygens (including phenoxy) is 1. The zero-order chi connectivity index (χ0) is 15.7. The lowest BCUT2D eigenvalue weighted by Crippen LogP contribution is -2.40. The summed E-state index contributed by atoms with van der Waals surface area (Å²) in [6, 6.07) is 17.7. The molecule has 1 aliphatic rings. The minimum Gasteiger partial charge on any atom is -0.379 e.